The van der Waals surface area contributed by atoms with E-state index in [0.29, 0.717) is 6.04 Å². The molecule has 17 heavy (non-hydrogen) atoms. The fourth-order valence-electron chi connectivity index (χ4n) is 1.91. The summed E-state index contributed by atoms with van der Waals surface area (Å²) < 4.78 is 0. The van der Waals surface area contributed by atoms with Crippen molar-refractivity contribution in [1.82, 2.24) is 5.32 Å². The second-order valence-corrected chi connectivity index (χ2v) is 4.95. The summed E-state index contributed by atoms with van der Waals surface area (Å²) in [5.41, 5.74) is 2.47. The Bertz CT molecular complexity index is 360. The average molecular weight is 252 g/mol. The first-order chi connectivity index (χ1) is 8.13. The Kier molecular flexibility index (Phi) is 6.31. The van der Waals surface area contributed by atoms with Crippen LogP contribution in [0.3, 0.4) is 0 Å². The first-order valence-corrected chi connectivity index (χ1v) is 6.62. The zero-order valence-electron chi connectivity index (χ0n) is 10.8. The highest BCUT2D eigenvalue weighted by Gasteiger charge is 2.10. The normalized spacial score (nSPS) is 12.4. The van der Waals surface area contributed by atoms with Gasteiger partial charge in [0, 0.05) is 11.1 Å². The van der Waals surface area contributed by atoms with Crippen molar-refractivity contribution in [3.05, 3.63) is 47.0 Å². The highest BCUT2D eigenvalue weighted by molar-refractivity contribution is 6.31. The van der Waals surface area contributed by atoms with Crippen molar-refractivity contribution in [1.29, 1.82) is 0 Å². The Morgan fingerprint density at radius 3 is 2.71 bits per heavy atom. The second kappa shape index (κ2) is 7.52. The minimum atomic E-state index is 0.483. The molecule has 1 atom stereocenters. The van der Waals surface area contributed by atoms with Crippen LogP contribution < -0.4 is 5.32 Å². The number of benzene rings is 1. The molecule has 0 saturated carbocycles. The molecule has 0 aliphatic heterocycles. The third-order valence-corrected chi connectivity index (χ3v) is 3.21. The molecule has 1 unspecified atom stereocenters. The maximum absolute atomic E-state index is 6.19. The smallest absolute Gasteiger partial charge is 0.0438 e. The number of rotatable bonds is 7. The van der Waals surface area contributed by atoms with Crippen LogP contribution in [0.15, 0.2) is 36.4 Å². The van der Waals surface area contributed by atoms with Crippen molar-refractivity contribution in [3.8, 4) is 0 Å². The lowest BCUT2D eigenvalue weighted by molar-refractivity contribution is 0.490. The molecule has 0 radical (unpaired) electrons. The quantitative estimate of drug-likeness (QED) is 0.716. The highest BCUT2D eigenvalue weighted by atomic mass is 35.5. The van der Waals surface area contributed by atoms with Crippen molar-refractivity contribution in [3.63, 3.8) is 0 Å². The Morgan fingerprint density at radius 1 is 1.41 bits per heavy atom. The van der Waals surface area contributed by atoms with E-state index in [0.717, 1.165) is 30.8 Å². The Balaban J connectivity index is 2.59. The van der Waals surface area contributed by atoms with E-state index in [4.69, 9.17) is 11.6 Å². The Labute approximate surface area is 110 Å². The fraction of sp³-hybridized carbons (Fsp3) is 0.467. The van der Waals surface area contributed by atoms with Crippen molar-refractivity contribution >= 4 is 11.6 Å². The fourth-order valence-corrected chi connectivity index (χ4v) is 2.13. The van der Waals surface area contributed by atoms with Gasteiger partial charge in [0.1, 0.15) is 0 Å². The molecule has 1 aromatic rings. The summed E-state index contributed by atoms with van der Waals surface area (Å²) in [7, 11) is 0. The largest absolute Gasteiger partial charge is 0.314 e. The molecule has 1 rings (SSSR count). The van der Waals surface area contributed by atoms with Gasteiger partial charge in [-0.2, -0.15) is 0 Å². The summed E-state index contributed by atoms with van der Waals surface area (Å²) in [6, 6.07) is 8.56. The summed E-state index contributed by atoms with van der Waals surface area (Å²) in [6.07, 6.45) is 3.18. The molecule has 0 bridgehead atoms. The van der Waals surface area contributed by atoms with Gasteiger partial charge in [-0.3, -0.25) is 0 Å². The molecule has 0 aliphatic carbocycles. The standard InChI is InChI=1S/C15H22ClN/c1-4-17-14(10-9-12(2)3)11-13-7-5-6-8-15(13)16/h5-8,14,17H,2,4,9-11H2,1,3H3. The SMILES string of the molecule is C=C(C)CCC(Cc1ccccc1Cl)NCC. The molecule has 0 amide bonds. The molecular weight excluding hydrogens is 230 g/mol. The molecule has 1 N–H and O–H groups in total. The van der Waals surface area contributed by atoms with Crippen molar-refractivity contribution < 1.29 is 0 Å². The third-order valence-electron chi connectivity index (χ3n) is 2.84. The van der Waals surface area contributed by atoms with Crippen molar-refractivity contribution in [2.24, 2.45) is 0 Å². The van der Waals surface area contributed by atoms with E-state index in [2.05, 4.69) is 31.8 Å². The lowest BCUT2D eigenvalue weighted by atomic mass is 10.00. The summed E-state index contributed by atoms with van der Waals surface area (Å²) in [5, 5.41) is 4.38. The van der Waals surface area contributed by atoms with Gasteiger partial charge in [-0.1, -0.05) is 42.3 Å². The van der Waals surface area contributed by atoms with Crippen LogP contribution in [-0.2, 0) is 6.42 Å². The van der Waals surface area contributed by atoms with E-state index in [9.17, 15) is 0 Å². The maximum atomic E-state index is 6.19. The molecule has 0 spiro atoms. The third kappa shape index (κ3) is 5.38. The molecule has 0 aromatic heterocycles. The van der Waals surface area contributed by atoms with Crippen LogP contribution in [0.4, 0.5) is 0 Å². The molecule has 0 aliphatic rings. The molecule has 0 fully saturated rings. The lowest BCUT2D eigenvalue weighted by Gasteiger charge is -2.18. The summed E-state index contributed by atoms with van der Waals surface area (Å²) in [5.74, 6) is 0. The molecule has 94 valence electrons. The zero-order valence-corrected chi connectivity index (χ0v) is 11.6. The predicted octanol–water partition coefficient (Wildman–Crippen LogP) is 4.22. The van der Waals surface area contributed by atoms with Crippen molar-refractivity contribution in [2.45, 2.75) is 39.2 Å². The van der Waals surface area contributed by atoms with Crippen LogP contribution in [-0.4, -0.2) is 12.6 Å². The number of hydrogen-bond donors (Lipinski definition) is 1. The van der Waals surface area contributed by atoms with Gasteiger partial charge in [0.15, 0.2) is 0 Å². The molecule has 2 heteroatoms. The maximum Gasteiger partial charge on any atom is 0.0438 e. The number of allylic oxidation sites excluding steroid dienone is 1. The molecule has 1 aromatic carbocycles. The molecule has 0 heterocycles. The van der Waals surface area contributed by atoms with Gasteiger partial charge in [0.25, 0.3) is 0 Å². The van der Waals surface area contributed by atoms with Gasteiger partial charge in [-0.05, 0) is 44.4 Å². The highest BCUT2D eigenvalue weighted by Crippen LogP contribution is 2.18. The van der Waals surface area contributed by atoms with Gasteiger partial charge < -0.3 is 5.32 Å². The van der Waals surface area contributed by atoms with E-state index in [1.54, 1.807) is 0 Å². The van der Waals surface area contributed by atoms with E-state index in [-0.39, 0.29) is 0 Å². The lowest BCUT2D eigenvalue weighted by Crippen LogP contribution is -2.31. The van der Waals surface area contributed by atoms with Crippen LogP contribution in [0.25, 0.3) is 0 Å². The number of nitrogens with one attached hydrogen (secondary N) is 1. The van der Waals surface area contributed by atoms with Crippen LogP contribution in [0.2, 0.25) is 5.02 Å². The van der Waals surface area contributed by atoms with Crippen LogP contribution in [0.5, 0.6) is 0 Å². The summed E-state index contributed by atoms with van der Waals surface area (Å²) in [4.78, 5) is 0. The van der Waals surface area contributed by atoms with Gasteiger partial charge in [-0.15, -0.1) is 6.58 Å². The van der Waals surface area contributed by atoms with Gasteiger partial charge in [-0.25, -0.2) is 0 Å². The number of likely N-dealkylation sites (N-methyl/N-ethyl adjacent to an activating group) is 1. The number of hydrogen-bond acceptors (Lipinski definition) is 1. The monoisotopic (exact) mass is 251 g/mol. The minimum Gasteiger partial charge on any atom is -0.314 e. The Morgan fingerprint density at radius 2 is 2.12 bits per heavy atom. The summed E-state index contributed by atoms with van der Waals surface area (Å²) in [6.45, 7) is 9.17. The van der Waals surface area contributed by atoms with Crippen LogP contribution >= 0.6 is 11.6 Å². The second-order valence-electron chi connectivity index (χ2n) is 4.55. The first-order valence-electron chi connectivity index (χ1n) is 6.24. The van der Waals surface area contributed by atoms with E-state index >= 15 is 0 Å². The molecule has 1 nitrogen and oxygen atoms in total. The first kappa shape index (κ1) is 14.3. The van der Waals surface area contributed by atoms with Gasteiger partial charge in [0.05, 0.1) is 0 Å². The topological polar surface area (TPSA) is 12.0 Å². The Hall–Kier alpha value is -0.790. The van der Waals surface area contributed by atoms with Crippen molar-refractivity contribution in [2.75, 3.05) is 6.54 Å². The van der Waals surface area contributed by atoms with E-state index in [1.165, 1.54) is 11.1 Å². The van der Waals surface area contributed by atoms with Crippen LogP contribution in [0, 0.1) is 0 Å². The van der Waals surface area contributed by atoms with E-state index in [1.807, 2.05) is 18.2 Å². The molecule has 0 saturated heterocycles. The predicted molar refractivity (Wildman–Crippen MR) is 76.7 cm³/mol. The van der Waals surface area contributed by atoms with Crippen LogP contribution in [0.1, 0.15) is 32.3 Å². The number of halogens is 1. The molecular formula is C15H22ClN. The summed E-state index contributed by atoms with van der Waals surface area (Å²) >= 11 is 6.19. The van der Waals surface area contributed by atoms with Gasteiger partial charge in [0.2, 0.25) is 0 Å². The average Bonchev–Trinajstić information content (AvgIpc) is 2.29. The minimum absolute atomic E-state index is 0.483. The van der Waals surface area contributed by atoms with Gasteiger partial charge >= 0.3 is 0 Å². The zero-order chi connectivity index (χ0) is 12.7. The van der Waals surface area contributed by atoms with E-state index < -0.39 is 0 Å².